The zero-order valence-corrected chi connectivity index (χ0v) is 34.5. The number of para-hydroxylation sites is 1. The van der Waals surface area contributed by atoms with E-state index >= 15 is 0 Å². The van der Waals surface area contributed by atoms with Crippen molar-refractivity contribution in [3.8, 4) is 39.1 Å². The van der Waals surface area contributed by atoms with Gasteiger partial charge < -0.3 is 18.5 Å². The van der Waals surface area contributed by atoms with E-state index < -0.39 is 0 Å². The lowest BCUT2D eigenvalue weighted by molar-refractivity contribution is 0.455. The number of benzene rings is 8. The molecule has 271 valence electrons. The second-order valence-corrected chi connectivity index (χ2v) is 15.6. The minimum absolute atomic E-state index is 0.645. The highest BCUT2D eigenvalue weighted by Gasteiger charge is 2.12. The third kappa shape index (κ3) is 8.25. The third-order valence-corrected chi connectivity index (χ3v) is 10.8. The first-order valence-corrected chi connectivity index (χ1v) is 20.1. The Morgan fingerprint density at radius 2 is 0.750 bits per heavy atom. The van der Waals surface area contributed by atoms with E-state index in [9.17, 15) is 0 Å². The van der Waals surface area contributed by atoms with Gasteiger partial charge in [-0.1, -0.05) is 157 Å². The van der Waals surface area contributed by atoms with Crippen LogP contribution in [0.2, 0.25) is 0 Å². The fourth-order valence-corrected chi connectivity index (χ4v) is 7.81. The smallest absolute Gasteiger partial charge is 0.537 e. The molecule has 2 heterocycles. The van der Waals surface area contributed by atoms with Crippen molar-refractivity contribution in [2.45, 2.75) is 0 Å². The molecular formula is C48H31BBr3O4. The average molecular weight is 922 g/mol. The van der Waals surface area contributed by atoms with E-state index in [0.29, 0.717) is 13.4 Å². The zero-order chi connectivity index (χ0) is 38.4. The molecule has 56 heavy (non-hydrogen) atoms. The Hall–Kier alpha value is -5.38. The molecule has 8 aromatic carbocycles. The third-order valence-electron chi connectivity index (χ3n) is 9.30. The standard InChI is InChI=1S/C24H15BrO.C12H10BO2.C12H6Br2O/c25-18-11-13-24-22(15-18)21-14-17(10-12-23(21)26-24)20-9-5-4-8-19(20)16-6-2-1-3-7-16;14-13-15-12-9-5-4-8-11(12)10-6-2-1-3-7-10;13-7-1-3-11-9(5-7)10-6-8(14)2-4-12(10)15-11/h1-15H;1-9,14H;1-6H. The maximum atomic E-state index is 8.64. The topological polar surface area (TPSA) is 55.7 Å². The van der Waals surface area contributed by atoms with Gasteiger partial charge in [0.15, 0.2) is 0 Å². The molecule has 0 amide bonds. The summed E-state index contributed by atoms with van der Waals surface area (Å²) < 4.78 is 19.9. The van der Waals surface area contributed by atoms with Crippen molar-refractivity contribution in [2.75, 3.05) is 0 Å². The molecule has 2 aromatic heterocycles. The van der Waals surface area contributed by atoms with E-state index in [1.165, 1.54) is 22.3 Å². The van der Waals surface area contributed by atoms with Crippen LogP contribution in [0.4, 0.5) is 0 Å². The van der Waals surface area contributed by atoms with Crippen molar-refractivity contribution in [3.63, 3.8) is 0 Å². The fraction of sp³-hybridized carbons (Fsp3) is 0. The van der Waals surface area contributed by atoms with Crippen LogP contribution in [0.1, 0.15) is 0 Å². The van der Waals surface area contributed by atoms with Crippen molar-refractivity contribution in [1.82, 2.24) is 0 Å². The molecule has 4 nitrogen and oxygen atoms in total. The van der Waals surface area contributed by atoms with Crippen LogP contribution in [-0.2, 0) is 0 Å². The summed E-state index contributed by atoms with van der Waals surface area (Å²) in [6.45, 7) is 0. The van der Waals surface area contributed by atoms with Crippen LogP contribution >= 0.6 is 47.8 Å². The molecule has 0 aliphatic carbocycles. The predicted molar refractivity (Wildman–Crippen MR) is 242 cm³/mol. The zero-order valence-electron chi connectivity index (χ0n) is 29.7. The molecule has 0 spiro atoms. The Morgan fingerprint density at radius 3 is 1.23 bits per heavy atom. The Labute approximate surface area is 350 Å². The van der Waals surface area contributed by atoms with E-state index in [4.69, 9.17) is 18.5 Å². The number of furan rings is 2. The Balaban J connectivity index is 0.000000126. The van der Waals surface area contributed by atoms with Crippen LogP contribution in [0, 0.1) is 0 Å². The van der Waals surface area contributed by atoms with Crippen molar-refractivity contribution in [1.29, 1.82) is 0 Å². The average Bonchev–Trinajstić information content (AvgIpc) is 3.79. The molecule has 0 fully saturated rings. The van der Waals surface area contributed by atoms with E-state index in [1.54, 1.807) is 0 Å². The van der Waals surface area contributed by atoms with Crippen molar-refractivity contribution in [3.05, 3.63) is 195 Å². The van der Waals surface area contributed by atoms with E-state index in [2.05, 4.69) is 133 Å². The number of rotatable bonds is 5. The Bertz CT molecular complexity index is 2870. The summed E-state index contributed by atoms with van der Waals surface area (Å²) in [4.78, 5) is 0. The predicted octanol–water partition coefficient (Wildman–Crippen LogP) is 15.1. The van der Waals surface area contributed by atoms with E-state index in [1.807, 2.05) is 97.1 Å². The van der Waals surface area contributed by atoms with Crippen LogP contribution in [0.15, 0.2) is 204 Å². The molecule has 0 aliphatic heterocycles. The summed E-state index contributed by atoms with van der Waals surface area (Å²) >= 11 is 10.5. The van der Waals surface area contributed by atoms with Gasteiger partial charge in [0, 0.05) is 40.5 Å². The monoisotopic (exact) mass is 919 g/mol. The van der Waals surface area contributed by atoms with Gasteiger partial charge in [0.2, 0.25) is 0 Å². The molecule has 1 N–H and O–H groups in total. The number of hydrogen-bond donors (Lipinski definition) is 1. The lowest BCUT2D eigenvalue weighted by atomic mass is 9.94. The number of hydrogen-bond acceptors (Lipinski definition) is 4. The minimum atomic E-state index is 0.645. The van der Waals surface area contributed by atoms with Crippen LogP contribution < -0.4 is 4.65 Å². The second kappa shape index (κ2) is 17.2. The summed E-state index contributed by atoms with van der Waals surface area (Å²) in [7, 11) is 0.696. The SMILES string of the molecule is Brc1ccc2oc3ccc(-c4ccccc4-c4ccccc4)cc3c2c1.Brc1ccc2oc3ccc(Br)cc3c2c1.O[B]Oc1ccccc1-c1ccccc1. The summed E-state index contributed by atoms with van der Waals surface area (Å²) in [5.41, 5.74) is 10.6. The van der Waals surface area contributed by atoms with Gasteiger partial charge in [-0.3, -0.25) is 0 Å². The molecule has 10 aromatic rings. The van der Waals surface area contributed by atoms with Gasteiger partial charge in [0.05, 0.1) is 0 Å². The largest absolute Gasteiger partial charge is 0.569 e. The minimum Gasteiger partial charge on any atom is -0.537 e. The molecule has 10 rings (SSSR count). The molecule has 0 saturated carbocycles. The summed E-state index contributed by atoms with van der Waals surface area (Å²) in [5, 5.41) is 13.2. The molecule has 0 atom stereocenters. The first-order chi connectivity index (χ1) is 27.4. The summed E-state index contributed by atoms with van der Waals surface area (Å²) in [6, 6.07) is 61.2. The molecular weight excluding hydrogens is 891 g/mol. The molecule has 0 aliphatic rings. The Kier molecular flexibility index (Phi) is 11.5. The van der Waals surface area contributed by atoms with Crippen LogP contribution in [0.3, 0.4) is 0 Å². The maximum Gasteiger partial charge on any atom is 0.569 e. The summed E-state index contributed by atoms with van der Waals surface area (Å²) in [5.74, 6) is 0.645. The van der Waals surface area contributed by atoms with Crippen LogP contribution in [0.25, 0.3) is 77.3 Å². The number of fused-ring (bicyclic) bond motifs is 6. The molecule has 1 radical (unpaired) electrons. The van der Waals surface area contributed by atoms with Crippen molar-refractivity contribution >= 4 is 99.4 Å². The first kappa shape index (κ1) is 37.5. The van der Waals surface area contributed by atoms with Gasteiger partial charge in [-0.15, -0.1) is 0 Å². The highest BCUT2D eigenvalue weighted by molar-refractivity contribution is 9.11. The van der Waals surface area contributed by atoms with Gasteiger partial charge in [-0.2, -0.15) is 0 Å². The van der Waals surface area contributed by atoms with Crippen molar-refractivity contribution < 1.29 is 18.5 Å². The van der Waals surface area contributed by atoms with Crippen LogP contribution in [0.5, 0.6) is 5.75 Å². The van der Waals surface area contributed by atoms with E-state index in [-0.39, 0.29) is 0 Å². The van der Waals surface area contributed by atoms with Crippen LogP contribution in [-0.4, -0.2) is 12.7 Å². The van der Waals surface area contributed by atoms with Gasteiger partial charge >= 0.3 is 7.69 Å². The van der Waals surface area contributed by atoms with Gasteiger partial charge in [-0.05, 0) is 101 Å². The second-order valence-electron chi connectivity index (χ2n) is 12.8. The Morgan fingerprint density at radius 1 is 0.375 bits per heavy atom. The lowest BCUT2D eigenvalue weighted by Gasteiger charge is -2.10. The van der Waals surface area contributed by atoms with E-state index in [0.717, 1.165) is 68.4 Å². The lowest BCUT2D eigenvalue weighted by Crippen LogP contribution is -2.00. The van der Waals surface area contributed by atoms with Crippen molar-refractivity contribution in [2.24, 2.45) is 0 Å². The molecule has 8 heteroatoms. The highest BCUT2D eigenvalue weighted by atomic mass is 79.9. The first-order valence-electron chi connectivity index (χ1n) is 17.8. The molecule has 0 bridgehead atoms. The number of halogens is 3. The van der Waals surface area contributed by atoms with Gasteiger partial charge in [-0.25, -0.2) is 0 Å². The van der Waals surface area contributed by atoms with Gasteiger partial charge in [0.1, 0.15) is 28.1 Å². The highest BCUT2D eigenvalue weighted by Crippen LogP contribution is 2.38. The fourth-order valence-electron chi connectivity index (χ4n) is 6.73. The normalized spacial score (nSPS) is 10.9. The summed E-state index contributed by atoms with van der Waals surface area (Å²) in [6.07, 6.45) is 0. The maximum absolute atomic E-state index is 8.64. The van der Waals surface area contributed by atoms with Gasteiger partial charge in [0.25, 0.3) is 0 Å². The quantitative estimate of drug-likeness (QED) is 0.175. The molecule has 0 saturated heterocycles. The molecule has 0 unspecified atom stereocenters.